The molecule has 0 aromatic rings. The van der Waals surface area contributed by atoms with Crippen LogP contribution in [0.2, 0.25) is 0 Å². The van der Waals surface area contributed by atoms with Gasteiger partial charge >= 0.3 is 0 Å². The van der Waals surface area contributed by atoms with Crippen LogP contribution in [0.1, 0.15) is 33.6 Å². The lowest BCUT2D eigenvalue weighted by molar-refractivity contribution is 0.248. The van der Waals surface area contributed by atoms with Gasteiger partial charge in [0.2, 0.25) is 0 Å². The number of nitriles is 2. The Bertz CT molecular complexity index is 171. The first-order chi connectivity index (χ1) is 5.02. The lowest BCUT2D eigenvalue weighted by Crippen LogP contribution is -2.19. The van der Waals surface area contributed by atoms with Crippen molar-refractivity contribution in [1.29, 1.82) is 10.5 Å². The zero-order chi connectivity index (χ0) is 8.91. The summed E-state index contributed by atoms with van der Waals surface area (Å²) in [4.78, 5) is 0. The summed E-state index contributed by atoms with van der Waals surface area (Å²) >= 11 is 0. The van der Waals surface area contributed by atoms with Gasteiger partial charge in [-0.25, -0.2) is 0 Å². The standard InChI is InChI=1S/C9H14N2/c1-9(2,3)8(4-6-10)5-7-11/h8H,4-5H2,1-3H3. The molecule has 0 unspecified atom stereocenters. The molecule has 11 heavy (non-hydrogen) atoms. The van der Waals surface area contributed by atoms with Gasteiger partial charge in [-0.15, -0.1) is 0 Å². The van der Waals surface area contributed by atoms with Gasteiger partial charge in [0.15, 0.2) is 0 Å². The molecular weight excluding hydrogens is 136 g/mol. The summed E-state index contributed by atoms with van der Waals surface area (Å²) in [7, 11) is 0. The SMILES string of the molecule is CC(C)(C)C(CC#N)CC#N. The summed E-state index contributed by atoms with van der Waals surface area (Å²) in [6, 6.07) is 4.22. The van der Waals surface area contributed by atoms with Gasteiger partial charge in [-0.3, -0.25) is 0 Å². The van der Waals surface area contributed by atoms with Gasteiger partial charge in [-0.2, -0.15) is 10.5 Å². The molecule has 0 spiro atoms. The van der Waals surface area contributed by atoms with Crippen LogP contribution in [0, 0.1) is 34.0 Å². The van der Waals surface area contributed by atoms with Crippen LogP contribution in [0.25, 0.3) is 0 Å². The highest BCUT2D eigenvalue weighted by molar-refractivity contribution is 4.89. The first-order valence-corrected chi connectivity index (χ1v) is 3.76. The Hall–Kier alpha value is -1.02. The molecule has 0 aliphatic carbocycles. The van der Waals surface area contributed by atoms with Crippen molar-refractivity contribution in [3.05, 3.63) is 0 Å². The van der Waals surface area contributed by atoms with E-state index in [4.69, 9.17) is 10.5 Å². The Kier molecular flexibility index (Phi) is 3.61. The third kappa shape index (κ3) is 3.63. The normalized spacial score (nSPS) is 10.7. The maximum absolute atomic E-state index is 8.47. The van der Waals surface area contributed by atoms with E-state index in [0.717, 1.165) is 0 Å². The Morgan fingerprint density at radius 1 is 1.09 bits per heavy atom. The van der Waals surface area contributed by atoms with E-state index in [9.17, 15) is 0 Å². The van der Waals surface area contributed by atoms with Crippen LogP contribution in [-0.2, 0) is 0 Å². The predicted molar refractivity (Wildman–Crippen MR) is 43.4 cm³/mol. The zero-order valence-corrected chi connectivity index (χ0v) is 7.39. The average molecular weight is 150 g/mol. The number of nitrogens with zero attached hydrogens (tertiary/aromatic N) is 2. The van der Waals surface area contributed by atoms with Crippen molar-refractivity contribution in [2.24, 2.45) is 11.3 Å². The van der Waals surface area contributed by atoms with Crippen molar-refractivity contribution in [3.63, 3.8) is 0 Å². The first kappa shape index (κ1) is 9.98. The van der Waals surface area contributed by atoms with Crippen LogP contribution in [0.5, 0.6) is 0 Å². The maximum atomic E-state index is 8.47. The fourth-order valence-corrected chi connectivity index (χ4v) is 0.905. The van der Waals surface area contributed by atoms with E-state index in [0.29, 0.717) is 12.8 Å². The molecule has 0 N–H and O–H groups in total. The largest absolute Gasteiger partial charge is 0.198 e. The summed E-state index contributed by atoms with van der Waals surface area (Å²) < 4.78 is 0. The second-order valence-electron chi connectivity index (χ2n) is 3.79. The molecule has 0 radical (unpaired) electrons. The van der Waals surface area contributed by atoms with Gasteiger partial charge < -0.3 is 0 Å². The summed E-state index contributed by atoms with van der Waals surface area (Å²) in [6.07, 6.45) is 0.966. The third-order valence-corrected chi connectivity index (χ3v) is 1.90. The fraction of sp³-hybridized carbons (Fsp3) is 0.778. The van der Waals surface area contributed by atoms with E-state index in [1.165, 1.54) is 0 Å². The Morgan fingerprint density at radius 2 is 1.45 bits per heavy atom. The van der Waals surface area contributed by atoms with Crippen molar-refractivity contribution >= 4 is 0 Å². The third-order valence-electron chi connectivity index (χ3n) is 1.90. The summed E-state index contributed by atoms with van der Waals surface area (Å²) in [5.74, 6) is 0.206. The first-order valence-electron chi connectivity index (χ1n) is 3.76. The van der Waals surface area contributed by atoms with E-state index in [1.54, 1.807) is 0 Å². The molecule has 60 valence electrons. The summed E-state index contributed by atoms with van der Waals surface area (Å²) in [5, 5.41) is 16.9. The van der Waals surface area contributed by atoms with Crippen molar-refractivity contribution in [3.8, 4) is 12.1 Å². The topological polar surface area (TPSA) is 47.6 Å². The van der Waals surface area contributed by atoms with Crippen LogP contribution >= 0.6 is 0 Å². The summed E-state index contributed by atoms with van der Waals surface area (Å²) in [6.45, 7) is 6.19. The molecule has 0 rings (SSSR count). The van der Waals surface area contributed by atoms with E-state index < -0.39 is 0 Å². The molecule has 0 heterocycles. The maximum Gasteiger partial charge on any atom is 0.0625 e. The van der Waals surface area contributed by atoms with Crippen molar-refractivity contribution in [2.45, 2.75) is 33.6 Å². The minimum atomic E-state index is 0.0749. The monoisotopic (exact) mass is 150 g/mol. The smallest absolute Gasteiger partial charge is 0.0625 e. The van der Waals surface area contributed by atoms with Gasteiger partial charge in [-0.05, 0) is 11.3 Å². The van der Waals surface area contributed by atoms with Crippen LogP contribution in [0.15, 0.2) is 0 Å². The molecule has 0 amide bonds. The molecule has 2 heteroatoms. The molecule has 0 aliphatic heterocycles. The van der Waals surface area contributed by atoms with Crippen LogP contribution in [-0.4, -0.2) is 0 Å². The minimum absolute atomic E-state index is 0.0749. The number of rotatable bonds is 2. The molecule has 0 saturated heterocycles. The highest BCUT2D eigenvalue weighted by atomic mass is 14.3. The highest BCUT2D eigenvalue weighted by Gasteiger charge is 2.23. The fourth-order valence-electron chi connectivity index (χ4n) is 0.905. The van der Waals surface area contributed by atoms with Crippen molar-refractivity contribution < 1.29 is 0 Å². The Labute approximate surface area is 68.4 Å². The molecular formula is C9H14N2. The summed E-state index contributed by atoms with van der Waals surface area (Å²) in [5.41, 5.74) is 0.0749. The zero-order valence-electron chi connectivity index (χ0n) is 7.39. The average Bonchev–Trinajstić information content (AvgIpc) is 1.85. The number of hydrogen-bond acceptors (Lipinski definition) is 2. The minimum Gasteiger partial charge on any atom is -0.198 e. The Balaban J connectivity index is 4.15. The van der Waals surface area contributed by atoms with Crippen molar-refractivity contribution in [2.75, 3.05) is 0 Å². The second-order valence-corrected chi connectivity index (χ2v) is 3.79. The quantitative estimate of drug-likeness (QED) is 0.607. The molecule has 2 nitrogen and oxygen atoms in total. The van der Waals surface area contributed by atoms with Gasteiger partial charge in [0, 0.05) is 12.8 Å². The van der Waals surface area contributed by atoms with Gasteiger partial charge in [0.25, 0.3) is 0 Å². The lowest BCUT2D eigenvalue weighted by Gasteiger charge is -2.26. The number of hydrogen-bond donors (Lipinski definition) is 0. The van der Waals surface area contributed by atoms with Crippen molar-refractivity contribution in [1.82, 2.24) is 0 Å². The molecule has 0 bridgehead atoms. The van der Waals surface area contributed by atoms with Crippen LogP contribution in [0.4, 0.5) is 0 Å². The van der Waals surface area contributed by atoms with Crippen LogP contribution < -0.4 is 0 Å². The van der Waals surface area contributed by atoms with Gasteiger partial charge in [0.05, 0.1) is 12.1 Å². The highest BCUT2D eigenvalue weighted by Crippen LogP contribution is 2.30. The van der Waals surface area contributed by atoms with Gasteiger partial charge in [0.1, 0.15) is 0 Å². The molecule has 0 aromatic heterocycles. The predicted octanol–water partition coefficient (Wildman–Crippen LogP) is 2.48. The second kappa shape index (κ2) is 3.98. The molecule has 0 atom stereocenters. The molecule has 0 saturated carbocycles. The Morgan fingerprint density at radius 3 is 1.64 bits per heavy atom. The van der Waals surface area contributed by atoms with Gasteiger partial charge in [-0.1, -0.05) is 20.8 Å². The molecule has 0 aliphatic rings. The molecule has 0 aromatic carbocycles. The molecule has 0 fully saturated rings. The van der Waals surface area contributed by atoms with E-state index in [-0.39, 0.29) is 11.3 Å². The van der Waals surface area contributed by atoms with Crippen LogP contribution in [0.3, 0.4) is 0 Å². The van der Waals surface area contributed by atoms with E-state index in [1.807, 2.05) is 0 Å². The van der Waals surface area contributed by atoms with E-state index in [2.05, 4.69) is 32.9 Å². The van der Waals surface area contributed by atoms with E-state index >= 15 is 0 Å². The lowest BCUT2D eigenvalue weighted by atomic mass is 9.77.